The van der Waals surface area contributed by atoms with Crippen molar-refractivity contribution in [3.05, 3.63) is 28.6 Å². The van der Waals surface area contributed by atoms with E-state index in [1.165, 1.54) is 4.90 Å². The first kappa shape index (κ1) is 13.9. The van der Waals surface area contributed by atoms with E-state index < -0.39 is 0 Å². The quantitative estimate of drug-likeness (QED) is 0.920. The number of amides is 1. The molecule has 0 atom stereocenters. The first-order valence-electron chi connectivity index (χ1n) is 6.31. The molecule has 110 valence electrons. The lowest BCUT2D eigenvalue weighted by Gasteiger charge is -2.27. The minimum absolute atomic E-state index is 0.0509. The molecule has 0 fully saturated rings. The molecule has 2 heterocycles. The maximum atomic E-state index is 11.7. The summed E-state index contributed by atoms with van der Waals surface area (Å²) in [6.07, 6.45) is 0. The normalized spacial score (nSPS) is 14.1. The largest absolute Gasteiger partial charge is 0.481 e. The van der Waals surface area contributed by atoms with Gasteiger partial charge in [0.05, 0.1) is 16.9 Å². The van der Waals surface area contributed by atoms with E-state index in [0.717, 1.165) is 0 Å². The number of aliphatic hydroxyl groups is 1. The van der Waals surface area contributed by atoms with Crippen molar-refractivity contribution in [2.24, 2.45) is 0 Å². The number of aliphatic hydroxyl groups excluding tert-OH is 1. The second-order valence-corrected chi connectivity index (χ2v) is 5.17. The highest BCUT2D eigenvalue weighted by Crippen LogP contribution is 2.42. The number of carbonyl (C=O) groups is 1. The van der Waals surface area contributed by atoms with Crippen LogP contribution in [0.3, 0.4) is 0 Å². The first-order valence-corrected chi connectivity index (χ1v) is 6.69. The fraction of sp³-hybridized carbons (Fsp3) is 0.286. The van der Waals surface area contributed by atoms with Gasteiger partial charge in [0.25, 0.3) is 5.91 Å². The molecule has 1 aliphatic heterocycles. The minimum atomic E-state index is -0.235. The van der Waals surface area contributed by atoms with E-state index >= 15 is 0 Å². The van der Waals surface area contributed by atoms with Gasteiger partial charge in [0.2, 0.25) is 5.89 Å². The van der Waals surface area contributed by atoms with Crippen molar-refractivity contribution in [2.75, 3.05) is 18.6 Å². The Morgan fingerprint density at radius 1 is 1.48 bits per heavy atom. The summed E-state index contributed by atoms with van der Waals surface area (Å²) in [6.45, 7) is 1.46. The Kier molecular flexibility index (Phi) is 3.35. The number of likely N-dealkylation sites (N-methyl/N-ethyl adjacent to an activating group) is 1. The van der Waals surface area contributed by atoms with E-state index in [-0.39, 0.29) is 19.1 Å². The number of aryl methyl sites for hydroxylation is 1. The summed E-state index contributed by atoms with van der Waals surface area (Å²) in [7, 11) is 1.66. The second-order valence-electron chi connectivity index (χ2n) is 4.73. The lowest BCUT2D eigenvalue weighted by Crippen LogP contribution is -2.35. The van der Waals surface area contributed by atoms with Crippen LogP contribution in [0, 0.1) is 6.92 Å². The number of benzene rings is 1. The van der Waals surface area contributed by atoms with Crippen molar-refractivity contribution in [3.8, 4) is 17.2 Å². The molecule has 1 N–H and O–H groups in total. The molecule has 1 aromatic heterocycles. The second kappa shape index (κ2) is 5.05. The predicted octanol–water partition coefficient (Wildman–Crippen LogP) is 2.15. The SMILES string of the molecule is Cc1nc(-c2cc(Cl)cc3c2OCC(=O)N3C)oc1CO. The molecule has 7 heteroatoms. The summed E-state index contributed by atoms with van der Waals surface area (Å²) in [4.78, 5) is 17.5. The van der Waals surface area contributed by atoms with Gasteiger partial charge in [-0.2, -0.15) is 0 Å². The molecule has 6 nitrogen and oxygen atoms in total. The van der Waals surface area contributed by atoms with E-state index in [1.54, 1.807) is 26.1 Å². The highest BCUT2D eigenvalue weighted by Gasteiger charge is 2.28. The van der Waals surface area contributed by atoms with Gasteiger partial charge < -0.3 is 19.2 Å². The Morgan fingerprint density at radius 2 is 2.24 bits per heavy atom. The Morgan fingerprint density at radius 3 is 2.90 bits per heavy atom. The molecule has 0 aliphatic carbocycles. The smallest absolute Gasteiger partial charge is 0.264 e. The van der Waals surface area contributed by atoms with Crippen LogP contribution in [0.15, 0.2) is 16.5 Å². The summed E-state index contributed by atoms with van der Waals surface area (Å²) in [5, 5.41) is 9.64. The lowest BCUT2D eigenvalue weighted by molar-refractivity contribution is -0.120. The van der Waals surface area contributed by atoms with Crippen molar-refractivity contribution in [1.29, 1.82) is 0 Å². The number of ether oxygens (including phenoxy) is 1. The van der Waals surface area contributed by atoms with Gasteiger partial charge in [-0.3, -0.25) is 4.79 Å². The van der Waals surface area contributed by atoms with Gasteiger partial charge in [0, 0.05) is 12.1 Å². The van der Waals surface area contributed by atoms with Crippen molar-refractivity contribution in [2.45, 2.75) is 13.5 Å². The molecule has 1 aromatic carbocycles. The third kappa shape index (κ3) is 2.26. The summed E-state index contributed by atoms with van der Waals surface area (Å²) in [5.41, 5.74) is 1.72. The van der Waals surface area contributed by atoms with Gasteiger partial charge in [-0.25, -0.2) is 4.98 Å². The van der Waals surface area contributed by atoms with Crippen LogP contribution in [0.4, 0.5) is 5.69 Å². The molecule has 0 spiro atoms. The highest BCUT2D eigenvalue weighted by molar-refractivity contribution is 6.31. The van der Waals surface area contributed by atoms with Crippen molar-refractivity contribution in [3.63, 3.8) is 0 Å². The van der Waals surface area contributed by atoms with Crippen molar-refractivity contribution in [1.82, 2.24) is 4.98 Å². The Bertz CT molecular complexity index is 726. The third-order valence-electron chi connectivity index (χ3n) is 3.38. The van der Waals surface area contributed by atoms with E-state index in [1.807, 2.05) is 0 Å². The lowest BCUT2D eigenvalue weighted by atomic mass is 10.1. The average Bonchev–Trinajstić information content (AvgIpc) is 2.83. The summed E-state index contributed by atoms with van der Waals surface area (Å²) in [6, 6.07) is 3.32. The van der Waals surface area contributed by atoms with Gasteiger partial charge in [-0.1, -0.05) is 11.6 Å². The number of aromatic nitrogens is 1. The van der Waals surface area contributed by atoms with Crippen molar-refractivity contribution < 1.29 is 19.1 Å². The molecule has 2 aromatic rings. The number of oxazole rings is 1. The zero-order chi connectivity index (χ0) is 15.1. The van der Waals surface area contributed by atoms with E-state index in [2.05, 4.69) is 4.98 Å². The van der Waals surface area contributed by atoms with Crippen LogP contribution in [-0.4, -0.2) is 29.7 Å². The van der Waals surface area contributed by atoms with Crippen molar-refractivity contribution >= 4 is 23.2 Å². The molecular formula is C14H13ClN2O4. The van der Waals surface area contributed by atoms with Gasteiger partial charge in [-0.15, -0.1) is 0 Å². The predicted molar refractivity (Wildman–Crippen MR) is 76.5 cm³/mol. The Balaban J connectivity index is 2.19. The van der Waals surface area contributed by atoms with Crippen LogP contribution < -0.4 is 9.64 Å². The van der Waals surface area contributed by atoms with Gasteiger partial charge in [-0.05, 0) is 19.1 Å². The number of hydrogen-bond acceptors (Lipinski definition) is 5. The number of halogens is 1. The van der Waals surface area contributed by atoms with E-state index in [0.29, 0.717) is 39.4 Å². The zero-order valence-corrected chi connectivity index (χ0v) is 12.3. The number of carbonyl (C=O) groups excluding carboxylic acids is 1. The summed E-state index contributed by atoms with van der Waals surface area (Å²) < 4.78 is 11.0. The number of rotatable bonds is 2. The van der Waals surface area contributed by atoms with Gasteiger partial charge >= 0.3 is 0 Å². The van der Waals surface area contributed by atoms with Crippen LogP contribution in [0.25, 0.3) is 11.5 Å². The third-order valence-corrected chi connectivity index (χ3v) is 3.59. The van der Waals surface area contributed by atoms with Gasteiger partial charge in [0.15, 0.2) is 18.1 Å². The zero-order valence-electron chi connectivity index (χ0n) is 11.5. The summed E-state index contributed by atoms with van der Waals surface area (Å²) in [5.74, 6) is 1.03. The van der Waals surface area contributed by atoms with Crippen LogP contribution >= 0.6 is 11.6 Å². The molecule has 0 unspecified atom stereocenters. The van der Waals surface area contributed by atoms with Crippen LogP contribution in [0.2, 0.25) is 5.02 Å². The molecule has 0 saturated carbocycles. The Hall–Kier alpha value is -2.05. The number of hydrogen-bond donors (Lipinski definition) is 1. The molecule has 1 aliphatic rings. The van der Waals surface area contributed by atoms with Crippen LogP contribution in [-0.2, 0) is 11.4 Å². The standard InChI is InChI=1S/C14H13ClN2O4/c1-7-11(5-18)21-14(16-7)9-3-8(15)4-10-13(9)20-6-12(19)17(10)2/h3-4,18H,5-6H2,1-2H3. The molecule has 0 bridgehead atoms. The topological polar surface area (TPSA) is 75.8 Å². The minimum Gasteiger partial charge on any atom is -0.481 e. The molecule has 0 radical (unpaired) electrons. The first-order chi connectivity index (χ1) is 10.0. The molecular weight excluding hydrogens is 296 g/mol. The van der Waals surface area contributed by atoms with Crippen LogP contribution in [0.5, 0.6) is 5.75 Å². The molecule has 3 rings (SSSR count). The van der Waals surface area contributed by atoms with Crippen LogP contribution in [0.1, 0.15) is 11.5 Å². The van der Waals surface area contributed by atoms with E-state index in [4.69, 9.17) is 20.8 Å². The fourth-order valence-corrected chi connectivity index (χ4v) is 2.41. The molecule has 0 saturated heterocycles. The average molecular weight is 309 g/mol. The number of anilines is 1. The number of fused-ring (bicyclic) bond motifs is 1. The fourth-order valence-electron chi connectivity index (χ4n) is 2.19. The highest BCUT2D eigenvalue weighted by atomic mass is 35.5. The van der Waals surface area contributed by atoms with Gasteiger partial charge in [0.1, 0.15) is 6.61 Å². The number of nitrogens with zero attached hydrogens (tertiary/aromatic N) is 2. The maximum Gasteiger partial charge on any atom is 0.264 e. The molecule has 21 heavy (non-hydrogen) atoms. The monoisotopic (exact) mass is 308 g/mol. The maximum absolute atomic E-state index is 11.7. The molecule has 1 amide bonds. The van der Waals surface area contributed by atoms with E-state index in [9.17, 15) is 9.90 Å². The Labute approximate surface area is 125 Å². The summed E-state index contributed by atoms with van der Waals surface area (Å²) >= 11 is 6.11.